The van der Waals surface area contributed by atoms with E-state index >= 15 is 0 Å². The van der Waals surface area contributed by atoms with Gasteiger partial charge in [0.05, 0.1) is 4.47 Å². The smallest absolute Gasteiger partial charge is 0.137 e. The van der Waals surface area contributed by atoms with Crippen LogP contribution in [0, 0.1) is 5.82 Å². The average molecular weight is 358 g/mol. The molecule has 0 spiro atoms. The summed E-state index contributed by atoms with van der Waals surface area (Å²) in [5, 5.41) is 3.59. The highest BCUT2D eigenvalue weighted by Crippen LogP contribution is 2.23. The first-order valence-corrected chi connectivity index (χ1v) is 8.37. The van der Waals surface area contributed by atoms with E-state index in [0.717, 1.165) is 38.2 Å². The lowest BCUT2D eigenvalue weighted by Crippen LogP contribution is -2.59. The molecular formula is C16H25BrFN3. The summed E-state index contributed by atoms with van der Waals surface area (Å²) >= 11 is 3.38. The molecule has 118 valence electrons. The summed E-state index contributed by atoms with van der Waals surface area (Å²) in [6.07, 6.45) is 0.828. The highest BCUT2D eigenvalue weighted by atomic mass is 79.9. The van der Waals surface area contributed by atoms with Crippen LogP contribution in [0.1, 0.15) is 12.5 Å². The van der Waals surface area contributed by atoms with Gasteiger partial charge in [-0.2, -0.15) is 0 Å². The predicted octanol–water partition coefficient (Wildman–Crippen LogP) is 2.35. The maximum absolute atomic E-state index is 13.7. The molecule has 1 heterocycles. The molecule has 1 aromatic rings. The molecule has 1 N–H and O–H groups in total. The Balaban J connectivity index is 2.16. The van der Waals surface area contributed by atoms with E-state index in [1.165, 1.54) is 6.07 Å². The molecule has 21 heavy (non-hydrogen) atoms. The molecule has 1 aliphatic heterocycles. The Bertz CT molecular complexity index is 469. The van der Waals surface area contributed by atoms with E-state index in [0.29, 0.717) is 16.6 Å². The fourth-order valence-electron chi connectivity index (χ4n) is 3.03. The number of hydrogen-bond acceptors (Lipinski definition) is 3. The second-order valence-electron chi connectivity index (χ2n) is 5.89. The van der Waals surface area contributed by atoms with Crippen LogP contribution in [0.2, 0.25) is 0 Å². The van der Waals surface area contributed by atoms with E-state index < -0.39 is 0 Å². The van der Waals surface area contributed by atoms with Gasteiger partial charge in [-0.3, -0.25) is 4.90 Å². The number of benzene rings is 1. The second kappa shape index (κ2) is 7.68. The number of nitrogens with one attached hydrogen (secondary N) is 1. The minimum atomic E-state index is -0.183. The van der Waals surface area contributed by atoms with Crippen LogP contribution in [-0.2, 0) is 6.42 Å². The maximum atomic E-state index is 13.7. The molecule has 1 aliphatic rings. The second-order valence-corrected chi connectivity index (χ2v) is 6.68. The first-order chi connectivity index (χ1) is 10.0. The Hall–Kier alpha value is -0.490. The molecule has 2 rings (SSSR count). The minimum absolute atomic E-state index is 0.183. The molecule has 1 aromatic carbocycles. The third-order valence-corrected chi connectivity index (χ3v) is 5.19. The summed E-state index contributed by atoms with van der Waals surface area (Å²) in [4.78, 5) is 4.79. The van der Waals surface area contributed by atoms with Crippen molar-refractivity contribution in [1.29, 1.82) is 0 Å². The van der Waals surface area contributed by atoms with E-state index in [9.17, 15) is 4.39 Å². The van der Waals surface area contributed by atoms with Crippen LogP contribution >= 0.6 is 15.9 Å². The van der Waals surface area contributed by atoms with Crippen molar-refractivity contribution in [2.45, 2.75) is 25.4 Å². The Morgan fingerprint density at radius 1 is 1.38 bits per heavy atom. The zero-order valence-electron chi connectivity index (χ0n) is 13.1. The lowest BCUT2D eigenvalue weighted by molar-refractivity contribution is 0.0880. The number of piperazine rings is 1. The fraction of sp³-hybridized carbons (Fsp3) is 0.625. The van der Waals surface area contributed by atoms with Crippen molar-refractivity contribution in [3.8, 4) is 0 Å². The Morgan fingerprint density at radius 2 is 2.14 bits per heavy atom. The summed E-state index contributed by atoms with van der Waals surface area (Å²) in [6, 6.07) is 6.05. The van der Waals surface area contributed by atoms with Crippen LogP contribution in [0.25, 0.3) is 0 Å². The number of hydrogen-bond donors (Lipinski definition) is 1. The largest absolute Gasteiger partial charge is 0.312 e. The topological polar surface area (TPSA) is 18.5 Å². The van der Waals surface area contributed by atoms with Gasteiger partial charge in [-0.15, -0.1) is 0 Å². The molecule has 0 bridgehead atoms. The van der Waals surface area contributed by atoms with Crippen LogP contribution in [0.5, 0.6) is 0 Å². The van der Waals surface area contributed by atoms with E-state index in [4.69, 9.17) is 0 Å². The average Bonchev–Trinajstić information content (AvgIpc) is 2.46. The Morgan fingerprint density at radius 3 is 2.86 bits per heavy atom. The lowest BCUT2D eigenvalue weighted by Gasteiger charge is -2.42. The summed E-state index contributed by atoms with van der Waals surface area (Å²) in [5.74, 6) is -0.183. The number of nitrogens with zero attached hydrogens (tertiary/aromatic N) is 2. The van der Waals surface area contributed by atoms with Gasteiger partial charge in [-0.25, -0.2) is 4.39 Å². The summed E-state index contributed by atoms with van der Waals surface area (Å²) in [7, 11) is 4.35. The molecule has 0 aliphatic carbocycles. The quantitative estimate of drug-likeness (QED) is 0.872. The van der Waals surface area contributed by atoms with Crippen LogP contribution in [0.4, 0.5) is 4.39 Å². The maximum Gasteiger partial charge on any atom is 0.137 e. The van der Waals surface area contributed by atoms with Gasteiger partial charge in [0, 0.05) is 31.7 Å². The normalized spacial score (nSPS) is 22.4. The van der Waals surface area contributed by atoms with Crippen molar-refractivity contribution in [3.63, 3.8) is 0 Å². The highest BCUT2D eigenvalue weighted by molar-refractivity contribution is 9.10. The number of halogens is 2. The van der Waals surface area contributed by atoms with Crippen molar-refractivity contribution >= 4 is 15.9 Å². The highest BCUT2D eigenvalue weighted by Gasteiger charge is 2.29. The number of rotatable bonds is 5. The standard InChI is InChI=1S/C16H25BrFN3/c1-4-19-14(15-11-20(2)8-9-21(15)3)10-12-6-5-7-13(18)16(12)17/h5-7,14-15,19H,4,8-11H2,1-3H3. The summed E-state index contributed by atoms with van der Waals surface area (Å²) in [6.45, 7) is 6.27. The molecule has 1 saturated heterocycles. The zero-order chi connectivity index (χ0) is 15.4. The van der Waals surface area contributed by atoms with Gasteiger partial charge < -0.3 is 10.2 Å². The van der Waals surface area contributed by atoms with Crippen molar-refractivity contribution < 1.29 is 4.39 Å². The van der Waals surface area contributed by atoms with Gasteiger partial charge in [0.2, 0.25) is 0 Å². The van der Waals surface area contributed by atoms with E-state index in [1.807, 2.05) is 6.07 Å². The van der Waals surface area contributed by atoms with Crippen molar-refractivity contribution in [2.24, 2.45) is 0 Å². The molecule has 3 nitrogen and oxygen atoms in total. The monoisotopic (exact) mass is 357 g/mol. The molecule has 0 radical (unpaired) electrons. The van der Waals surface area contributed by atoms with Crippen LogP contribution in [0.15, 0.2) is 22.7 Å². The van der Waals surface area contributed by atoms with Gasteiger partial charge in [-0.05, 0) is 54.6 Å². The molecule has 0 amide bonds. The van der Waals surface area contributed by atoms with E-state index in [2.05, 4.69) is 52.1 Å². The minimum Gasteiger partial charge on any atom is -0.312 e. The molecular weight excluding hydrogens is 333 g/mol. The first kappa shape index (κ1) is 16.9. The van der Waals surface area contributed by atoms with Crippen molar-refractivity contribution in [1.82, 2.24) is 15.1 Å². The molecule has 0 aromatic heterocycles. The molecule has 1 fully saturated rings. The first-order valence-electron chi connectivity index (χ1n) is 7.58. The Labute approximate surface area is 135 Å². The van der Waals surface area contributed by atoms with Crippen molar-refractivity contribution in [2.75, 3.05) is 40.3 Å². The van der Waals surface area contributed by atoms with Crippen molar-refractivity contribution in [3.05, 3.63) is 34.1 Å². The molecule has 2 atom stereocenters. The van der Waals surface area contributed by atoms with Gasteiger partial charge in [-0.1, -0.05) is 19.1 Å². The SMILES string of the molecule is CCNC(Cc1cccc(F)c1Br)C1CN(C)CCN1C. The number of likely N-dealkylation sites (N-methyl/N-ethyl adjacent to an activating group) is 3. The van der Waals surface area contributed by atoms with Gasteiger partial charge in [0.1, 0.15) is 5.82 Å². The van der Waals surface area contributed by atoms with Crippen LogP contribution in [0.3, 0.4) is 0 Å². The summed E-state index contributed by atoms with van der Waals surface area (Å²) in [5.41, 5.74) is 1.03. The fourth-order valence-corrected chi connectivity index (χ4v) is 3.45. The van der Waals surface area contributed by atoms with Crippen LogP contribution < -0.4 is 5.32 Å². The van der Waals surface area contributed by atoms with Crippen LogP contribution in [-0.4, -0.2) is 62.2 Å². The summed E-state index contributed by atoms with van der Waals surface area (Å²) < 4.78 is 14.3. The predicted molar refractivity (Wildman–Crippen MR) is 89.2 cm³/mol. The Kier molecular flexibility index (Phi) is 6.17. The molecule has 0 saturated carbocycles. The lowest BCUT2D eigenvalue weighted by atomic mass is 9.96. The third kappa shape index (κ3) is 4.25. The molecule has 2 unspecified atom stereocenters. The van der Waals surface area contributed by atoms with Gasteiger partial charge in [0.15, 0.2) is 0 Å². The van der Waals surface area contributed by atoms with E-state index in [1.54, 1.807) is 6.07 Å². The van der Waals surface area contributed by atoms with E-state index in [-0.39, 0.29) is 5.82 Å². The van der Waals surface area contributed by atoms with Gasteiger partial charge >= 0.3 is 0 Å². The zero-order valence-corrected chi connectivity index (χ0v) is 14.7. The van der Waals surface area contributed by atoms with Gasteiger partial charge in [0.25, 0.3) is 0 Å². The molecule has 5 heteroatoms. The third-order valence-electron chi connectivity index (χ3n) is 4.30.